The van der Waals surface area contributed by atoms with Crippen LogP contribution in [0.4, 0.5) is 11.4 Å². The van der Waals surface area contributed by atoms with Crippen molar-refractivity contribution in [3.63, 3.8) is 0 Å². The molecule has 2 fully saturated rings. The Hall–Kier alpha value is -2.12. The number of carbonyl (C=O) groups is 2. The number of aryl methyl sites for hydroxylation is 2. The Labute approximate surface area is 406 Å². The third kappa shape index (κ3) is 11.2. The number of rotatable bonds is 16. The summed E-state index contributed by atoms with van der Waals surface area (Å²) in [6.07, 6.45) is -12.1. The maximum absolute atomic E-state index is 11.5. The molecule has 6 rings (SSSR count). The van der Waals surface area contributed by atoms with Gasteiger partial charge < -0.3 is 79.2 Å². The molecule has 4 heterocycles. The number of ether oxygens (including phenoxy) is 4. The van der Waals surface area contributed by atoms with Crippen molar-refractivity contribution in [1.82, 2.24) is 4.57 Å². The van der Waals surface area contributed by atoms with Crippen molar-refractivity contribution in [3.05, 3.63) is 68.2 Å². The minimum Gasteiger partial charge on any atom is -0.547 e. The molecule has 63 heavy (non-hydrogen) atoms. The molecular formula is C39H45Cl4Li2N4O14+. The molecule has 2 saturated heterocycles. The van der Waals surface area contributed by atoms with E-state index in [-0.39, 0.29) is 86.9 Å². The number of allylic oxidation sites excluding steroid dienone is 2. The van der Waals surface area contributed by atoms with Crippen molar-refractivity contribution in [3.8, 4) is 0 Å². The van der Waals surface area contributed by atoms with E-state index in [4.69, 9.17) is 65.4 Å². The molecule has 24 heteroatoms. The summed E-state index contributed by atoms with van der Waals surface area (Å²) in [4.78, 5) is 27.2. The number of hydrogen-bond donors (Lipinski definition) is 6. The minimum absolute atomic E-state index is 0. The van der Waals surface area contributed by atoms with Gasteiger partial charge in [0.05, 0.1) is 69.7 Å². The number of carbonyl (C=O) groups excluding carboxylic acids is 2. The summed E-state index contributed by atoms with van der Waals surface area (Å²) in [6, 6.07) is 6.99. The Balaban J connectivity index is 0.00000436. The van der Waals surface area contributed by atoms with E-state index in [0.717, 1.165) is 17.2 Å². The van der Waals surface area contributed by atoms with Crippen LogP contribution in [0.5, 0.6) is 0 Å². The fourth-order valence-corrected chi connectivity index (χ4v) is 8.25. The number of hydrogen-bond acceptors (Lipinski definition) is 16. The summed E-state index contributed by atoms with van der Waals surface area (Å²) < 4.78 is 25.6. The van der Waals surface area contributed by atoms with Crippen molar-refractivity contribution in [2.45, 2.75) is 101 Å². The van der Waals surface area contributed by atoms with Crippen LogP contribution in [-0.4, -0.2) is 135 Å². The summed E-state index contributed by atoms with van der Waals surface area (Å²) in [5, 5.41) is 85.7. The normalized spacial score (nSPS) is 27.1. The summed E-state index contributed by atoms with van der Waals surface area (Å²) in [7, 11) is 0. The zero-order valence-corrected chi connectivity index (χ0v) is 37.7. The molecule has 0 saturated carbocycles. The summed E-state index contributed by atoms with van der Waals surface area (Å²) >= 11 is 25.9. The van der Waals surface area contributed by atoms with Gasteiger partial charge in [-0.3, -0.25) is 0 Å². The van der Waals surface area contributed by atoms with Gasteiger partial charge in [0.1, 0.15) is 54.7 Å². The first-order chi connectivity index (χ1) is 29.0. The Kier molecular flexibility index (Phi) is 19.6. The SMILES string of the molecule is CCN1C(=CC=Cc2n(CCCO[C@@H]3OC(C(=O)[O-])[C@@H](O)[C@@H](O)C3O)c3cc(Cl)c(Cl)cc3[n+]2CCCO[C@H]2OC(C(=O)[O-])[C@H](O)C(O)[C@H]2O)N(CC)c2cc(Cl)c(Cl)cc21.[Li+].[Li+]. The summed E-state index contributed by atoms with van der Waals surface area (Å²) in [5.41, 5.74) is 3.03. The summed E-state index contributed by atoms with van der Waals surface area (Å²) in [5.74, 6) is -2.12. The molecule has 0 spiro atoms. The first-order valence-corrected chi connectivity index (χ1v) is 20.9. The number of imidazole rings is 1. The van der Waals surface area contributed by atoms with Gasteiger partial charge in [0.2, 0.25) is 0 Å². The third-order valence-corrected chi connectivity index (χ3v) is 12.1. The van der Waals surface area contributed by atoms with Gasteiger partial charge in [0, 0.05) is 44.1 Å². The van der Waals surface area contributed by atoms with E-state index in [1.54, 1.807) is 12.1 Å². The third-order valence-electron chi connectivity index (χ3n) is 10.6. The van der Waals surface area contributed by atoms with E-state index in [0.29, 0.717) is 40.0 Å². The molecule has 6 N–H and O–H groups in total. The maximum atomic E-state index is 11.5. The Morgan fingerprint density at radius 3 is 1.65 bits per heavy atom. The van der Waals surface area contributed by atoms with E-state index in [1.165, 1.54) is 0 Å². The van der Waals surface area contributed by atoms with E-state index in [9.17, 15) is 50.4 Å². The van der Waals surface area contributed by atoms with Crippen molar-refractivity contribution in [2.24, 2.45) is 0 Å². The fourth-order valence-electron chi connectivity index (χ4n) is 7.62. The minimum atomic E-state index is -1.94. The average Bonchev–Trinajstić information content (AvgIpc) is 3.66. The second-order valence-electron chi connectivity index (χ2n) is 14.4. The van der Waals surface area contributed by atoms with Gasteiger partial charge >= 0.3 is 37.7 Å². The van der Waals surface area contributed by atoms with Crippen molar-refractivity contribution in [1.29, 1.82) is 0 Å². The largest absolute Gasteiger partial charge is 1.00 e. The summed E-state index contributed by atoms with van der Waals surface area (Å²) in [6.45, 7) is 5.49. The quantitative estimate of drug-likeness (QED) is 0.0444. The van der Waals surface area contributed by atoms with Crippen LogP contribution in [0.3, 0.4) is 0 Å². The number of carboxylic acid groups (broad SMARTS) is 2. The molecule has 3 aliphatic rings. The van der Waals surface area contributed by atoms with Gasteiger partial charge in [-0.2, -0.15) is 0 Å². The smallest absolute Gasteiger partial charge is 0.547 e. The molecular weight excluding hydrogens is 904 g/mol. The van der Waals surface area contributed by atoms with Crippen LogP contribution >= 0.6 is 46.4 Å². The van der Waals surface area contributed by atoms with Crippen LogP contribution in [0.25, 0.3) is 17.1 Å². The maximum Gasteiger partial charge on any atom is 1.00 e. The van der Waals surface area contributed by atoms with Crippen LogP contribution in [0.15, 0.2) is 42.2 Å². The number of nitrogens with zero attached hydrogens (tertiary/aromatic N) is 4. The number of aliphatic carboxylic acids is 2. The first-order valence-electron chi connectivity index (χ1n) is 19.4. The predicted molar refractivity (Wildman–Crippen MR) is 216 cm³/mol. The molecule has 0 amide bonds. The second-order valence-corrected chi connectivity index (χ2v) is 16.1. The molecule has 1 aromatic heterocycles. The molecule has 2 aromatic carbocycles. The number of benzene rings is 2. The number of fused-ring (bicyclic) bond motifs is 2. The van der Waals surface area contributed by atoms with E-state index >= 15 is 0 Å². The topological polar surface area (TPSA) is 254 Å². The van der Waals surface area contributed by atoms with E-state index in [2.05, 4.69) is 9.80 Å². The van der Waals surface area contributed by atoms with Crippen LogP contribution in [0.2, 0.25) is 20.1 Å². The molecule has 3 aliphatic heterocycles. The molecule has 0 radical (unpaired) electrons. The van der Waals surface area contributed by atoms with Crippen LogP contribution in [0, 0.1) is 0 Å². The molecule has 4 unspecified atom stereocenters. The molecule has 334 valence electrons. The molecule has 18 nitrogen and oxygen atoms in total. The fraction of sp³-hybridized carbons (Fsp3) is 0.513. The van der Waals surface area contributed by atoms with Crippen molar-refractivity contribution in [2.75, 3.05) is 36.1 Å². The number of anilines is 2. The number of halogens is 4. The Morgan fingerprint density at radius 1 is 0.714 bits per heavy atom. The number of aromatic nitrogens is 2. The first kappa shape index (κ1) is 53.5. The number of carboxylic acids is 2. The van der Waals surface area contributed by atoms with E-state index in [1.807, 2.05) is 53.3 Å². The average molecular weight is 949 g/mol. The van der Waals surface area contributed by atoms with Crippen LogP contribution in [0.1, 0.15) is 32.5 Å². The predicted octanol–water partition coefficient (Wildman–Crippen LogP) is -6.30. The van der Waals surface area contributed by atoms with Gasteiger partial charge in [0.25, 0.3) is 5.82 Å². The van der Waals surface area contributed by atoms with E-state index < -0.39 is 73.4 Å². The molecule has 3 aromatic rings. The van der Waals surface area contributed by atoms with Crippen molar-refractivity contribution < 1.29 is 112 Å². The van der Waals surface area contributed by atoms with Crippen LogP contribution in [-0.2, 0) is 41.6 Å². The van der Waals surface area contributed by atoms with Gasteiger partial charge in [-0.15, -0.1) is 0 Å². The second kappa shape index (κ2) is 23.1. The van der Waals surface area contributed by atoms with Crippen LogP contribution < -0.4 is 62.3 Å². The van der Waals surface area contributed by atoms with Gasteiger partial charge in [-0.05, 0) is 32.1 Å². The number of aliphatic hydroxyl groups is 6. The Bertz CT molecular complexity index is 2030. The molecule has 0 bridgehead atoms. The molecule has 10 atom stereocenters. The van der Waals surface area contributed by atoms with Gasteiger partial charge in [0.15, 0.2) is 23.6 Å². The molecule has 0 aliphatic carbocycles. The monoisotopic (exact) mass is 947 g/mol. The van der Waals surface area contributed by atoms with Gasteiger partial charge in [-0.1, -0.05) is 52.5 Å². The zero-order chi connectivity index (χ0) is 44.4. The Morgan fingerprint density at radius 2 is 1.17 bits per heavy atom. The standard InChI is InChI=1S/C39H46Cl4N4O14.2Li/c1-3-44-22-14-18(40)19(41)15-23(22)45(4-2)26(44)8-5-9-27-46(10-6-12-58-38-32(52)28(48)30(50)34(60-38)36(54)55)24-16-20(42)21(43)17-25(24)47(27)11-7-13-59-39-33(53)29(49)31(51)35(61-39)37(56)57;;/h5,8-9,14-17,28-35,38-39,48-53H,3-4,6-7,10-13H2,1-2H3,(H-,54,55,56,57);;/q;2*+1/p-1/t28-,29?,30+,31-,32?,33-,34?,35?,38-,39+;;/m1../s1. The van der Waals surface area contributed by atoms with Crippen molar-refractivity contribution >= 4 is 86.8 Å². The number of aliphatic hydroxyl groups excluding tert-OH is 6. The zero-order valence-electron chi connectivity index (χ0n) is 34.7. The van der Waals surface area contributed by atoms with Gasteiger partial charge in [-0.25, -0.2) is 9.13 Å².